The Bertz CT molecular complexity index is 2780. The van der Waals surface area contributed by atoms with Gasteiger partial charge in [0, 0.05) is 33.1 Å². The Morgan fingerprint density at radius 1 is 0.451 bits per heavy atom. The van der Waals surface area contributed by atoms with E-state index in [0.717, 1.165) is 44.4 Å². The SMILES string of the molecule is CC1(C)c2ccccc2-c2cccc(N(c3ccc(-c4cccc5c4oc4ccccc45)cc3)c3cccc(-c4cccc5ccccc45)c3)c21. The number of anilines is 3. The maximum atomic E-state index is 6.43. The van der Waals surface area contributed by atoms with Gasteiger partial charge < -0.3 is 9.32 Å². The van der Waals surface area contributed by atoms with Crippen molar-refractivity contribution in [2.75, 3.05) is 4.90 Å². The summed E-state index contributed by atoms with van der Waals surface area (Å²) in [7, 11) is 0. The molecule has 0 radical (unpaired) electrons. The van der Waals surface area contributed by atoms with Crippen LogP contribution in [0.2, 0.25) is 0 Å². The molecule has 0 unspecified atom stereocenters. The molecule has 0 fully saturated rings. The standard InChI is InChI=1S/C49H35NO/c1-49(2)44-24-7-5-18-40(44)42-22-12-25-45(47(42)49)50(36-16-9-15-34(31-36)38-20-10-14-32-13-3-4-17-37(32)38)35-29-27-33(28-30-35)39-21-11-23-43-41-19-6-8-26-46(41)51-48(39)43/h3-31H,1-2H3. The summed E-state index contributed by atoms with van der Waals surface area (Å²) in [5, 5.41) is 4.78. The van der Waals surface area contributed by atoms with Crippen molar-refractivity contribution in [1.29, 1.82) is 0 Å². The molecule has 1 heterocycles. The molecule has 0 aliphatic heterocycles. The van der Waals surface area contributed by atoms with Crippen molar-refractivity contribution < 1.29 is 4.42 Å². The fraction of sp³-hybridized carbons (Fsp3) is 0.0612. The van der Waals surface area contributed by atoms with Gasteiger partial charge in [-0.3, -0.25) is 0 Å². The van der Waals surface area contributed by atoms with E-state index >= 15 is 0 Å². The fourth-order valence-electron chi connectivity index (χ4n) is 8.49. The van der Waals surface area contributed by atoms with Gasteiger partial charge in [0.25, 0.3) is 0 Å². The predicted molar refractivity (Wildman–Crippen MR) is 214 cm³/mol. The van der Waals surface area contributed by atoms with Gasteiger partial charge >= 0.3 is 0 Å². The molecule has 8 aromatic carbocycles. The molecule has 0 atom stereocenters. The molecule has 10 rings (SSSR count). The van der Waals surface area contributed by atoms with Gasteiger partial charge in [-0.15, -0.1) is 0 Å². The number of furan rings is 1. The van der Waals surface area contributed by atoms with Gasteiger partial charge in [-0.1, -0.05) is 153 Å². The minimum absolute atomic E-state index is 0.176. The van der Waals surface area contributed by atoms with E-state index in [2.05, 4.69) is 183 Å². The highest BCUT2D eigenvalue weighted by Gasteiger charge is 2.38. The van der Waals surface area contributed by atoms with Crippen molar-refractivity contribution in [3.63, 3.8) is 0 Å². The molecule has 0 saturated heterocycles. The molecular formula is C49H35NO. The largest absolute Gasteiger partial charge is 0.455 e. The van der Waals surface area contributed by atoms with Crippen molar-refractivity contribution >= 4 is 49.8 Å². The highest BCUT2D eigenvalue weighted by atomic mass is 16.3. The highest BCUT2D eigenvalue weighted by Crippen LogP contribution is 2.54. The van der Waals surface area contributed by atoms with E-state index in [-0.39, 0.29) is 5.41 Å². The minimum Gasteiger partial charge on any atom is -0.455 e. The van der Waals surface area contributed by atoms with Crippen LogP contribution in [0.3, 0.4) is 0 Å². The number of hydrogen-bond acceptors (Lipinski definition) is 2. The summed E-state index contributed by atoms with van der Waals surface area (Å²) in [4.78, 5) is 2.45. The smallest absolute Gasteiger partial charge is 0.143 e. The van der Waals surface area contributed by atoms with E-state index in [1.807, 2.05) is 12.1 Å². The lowest BCUT2D eigenvalue weighted by atomic mass is 9.81. The second-order valence-corrected chi connectivity index (χ2v) is 14.1. The van der Waals surface area contributed by atoms with Crippen LogP contribution in [0.15, 0.2) is 180 Å². The fourth-order valence-corrected chi connectivity index (χ4v) is 8.49. The molecule has 1 aliphatic carbocycles. The van der Waals surface area contributed by atoms with Crippen LogP contribution in [-0.4, -0.2) is 0 Å². The molecule has 1 aromatic heterocycles. The Kier molecular flexibility index (Phi) is 6.56. The molecule has 1 aliphatic rings. The Morgan fingerprint density at radius 2 is 1.10 bits per heavy atom. The second kappa shape index (κ2) is 11.3. The molecule has 0 saturated carbocycles. The van der Waals surface area contributed by atoms with Gasteiger partial charge in [0.2, 0.25) is 0 Å². The molecule has 2 heteroatoms. The van der Waals surface area contributed by atoms with E-state index in [9.17, 15) is 0 Å². The average molecular weight is 654 g/mol. The topological polar surface area (TPSA) is 16.4 Å². The van der Waals surface area contributed by atoms with Gasteiger partial charge in [0.1, 0.15) is 11.2 Å². The lowest BCUT2D eigenvalue weighted by Crippen LogP contribution is -2.20. The zero-order chi connectivity index (χ0) is 34.1. The number of rotatable bonds is 5. The maximum absolute atomic E-state index is 6.43. The van der Waals surface area contributed by atoms with E-state index in [1.165, 1.54) is 49.8 Å². The lowest BCUT2D eigenvalue weighted by molar-refractivity contribution is 0.661. The van der Waals surface area contributed by atoms with Crippen LogP contribution in [0, 0.1) is 0 Å². The molecular weight excluding hydrogens is 619 g/mol. The summed E-state index contributed by atoms with van der Waals surface area (Å²) >= 11 is 0. The summed E-state index contributed by atoms with van der Waals surface area (Å²) in [5.74, 6) is 0. The van der Waals surface area contributed by atoms with Crippen molar-refractivity contribution in [3.05, 3.63) is 187 Å². The third-order valence-electron chi connectivity index (χ3n) is 10.8. The van der Waals surface area contributed by atoms with Crippen LogP contribution in [0.25, 0.3) is 66.1 Å². The summed E-state index contributed by atoms with van der Waals surface area (Å²) in [6.45, 7) is 4.73. The van der Waals surface area contributed by atoms with Gasteiger partial charge in [-0.05, 0) is 86.1 Å². The zero-order valence-corrected chi connectivity index (χ0v) is 28.6. The average Bonchev–Trinajstić information content (AvgIpc) is 3.68. The number of benzene rings is 8. The van der Waals surface area contributed by atoms with Gasteiger partial charge in [-0.25, -0.2) is 0 Å². The normalized spacial score (nSPS) is 13.1. The minimum atomic E-state index is -0.176. The van der Waals surface area contributed by atoms with Crippen LogP contribution in [-0.2, 0) is 5.41 Å². The van der Waals surface area contributed by atoms with Crippen molar-refractivity contribution in [2.24, 2.45) is 0 Å². The zero-order valence-electron chi connectivity index (χ0n) is 28.6. The molecule has 9 aromatic rings. The van der Waals surface area contributed by atoms with E-state index in [0.29, 0.717) is 0 Å². The maximum Gasteiger partial charge on any atom is 0.143 e. The first-order chi connectivity index (χ1) is 25.1. The Morgan fingerprint density at radius 3 is 2.00 bits per heavy atom. The number of hydrogen-bond donors (Lipinski definition) is 0. The first-order valence-electron chi connectivity index (χ1n) is 17.7. The van der Waals surface area contributed by atoms with Crippen molar-refractivity contribution in [2.45, 2.75) is 19.3 Å². The number of fused-ring (bicyclic) bond motifs is 7. The second-order valence-electron chi connectivity index (χ2n) is 14.1. The Balaban J connectivity index is 1.16. The van der Waals surface area contributed by atoms with E-state index in [1.54, 1.807) is 0 Å². The Labute approximate surface area is 297 Å². The highest BCUT2D eigenvalue weighted by molar-refractivity contribution is 6.09. The molecule has 0 amide bonds. The molecule has 0 N–H and O–H groups in total. The van der Waals surface area contributed by atoms with Crippen molar-refractivity contribution in [3.8, 4) is 33.4 Å². The van der Waals surface area contributed by atoms with E-state index in [4.69, 9.17) is 4.42 Å². The molecule has 2 nitrogen and oxygen atoms in total. The first-order valence-corrected chi connectivity index (χ1v) is 17.7. The lowest BCUT2D eigenvalue weighted by Gasteiger charge is -2.32. The van der Waals surface area contributed by atoms with Crippen LogP contribution in [0.4, 0.5) is 17.1 Å². The number of nitrogens with zero attached hydrogens (tertiary/aromatic N) is 1. The van der Waals surface area contributed by atoms with Crippen LogP contribution in [0.5, 0.6) is 0 Å². The summed E-state index contributed by atoms with van der Waals surface area (Å²) in [5.41, 5.74) is 15.0. The monoisotopic (exact) mass is 653 g/mol. The van der Waals surface area contributed by atoms with Gasteiger partial charge in [0.15, 0.2) is 0 Å². The third-order valence-corrected chi connectivity index (χ3v) is 10.8. The van der Waals surface area contributed by atoms with E-state index < -0.39 is 0 Å². The van der Waals surface area contributed by atoms with Gasteiger partial charge in [-0.2, -0.15) is 0 Å². The quantitative estimate of drug-likeness (QED) is 0.184. The Hall–Kier alpha value is -6.38. The van der Waals surface area contributed by atoms with Crippen LogP contribution >= 0.6 is 0 Å². The summed E-state index contributed by atoms with van der Waals surface area (Å²) < 4.78 is 6.43. The predicted octanol–water partition coefficient (Wildman–Crippen LogP) is 13.8. The molecule has 0 bridgehead atoms. The van der Waals surface area contributed by atoms with Crippen LogP contribution < -0.4 is 4.90 Å². The van der Waals surface area contributed by atoms with Crippen molar-refractivity contribution in [1.82, 2.24) is 0 Å². The third kappa shape index (κ3) is 4.57. The molecule has 51 heavy (non-hydrogen) atoms. The molecule has 242 valence electrons. The first kappa shape index (κ1) is 29.5. The summed E-state index contributed by atoms with van der Waals surface area (Å²) in [6.07, 6.45) is 0. The van der Waals surface area contributed by atoms with Gasteiger partial charge in [0.05, 0.1) is 5.69 Å². The van der Waals surface area contributed by atoms with Crippen LogP contribution in [0.1, 0.15) is 25.0 Å². The molecule has 0 spiro atoms. The summed E-state index contributed by atoms with van der Waals surface area (Å²) in [6, 6.07) is 63.6. The number of para-hydroxylation sites is 2.